The fourth-order valence-corrected chi connectivity index (χ4v) is 1.97. The molecule has 4 N–H and O–H groups in total. The van der Waals surface area contributed by atoms with Crippen LogP contribution in [0.5, 0.6) is 11.5 Å². The predicted octanol–water partition coefficient (Wildman–Crippen LogP) is 2.09. The van der Waals surface area contributed by atoms with Crippen molar-refractivity contribution in [2.45, 2.75) is 6.42 Å². The fraction of sp³-hybridized carbons (Fsp3) is 0.0667. The van der Waals surface area contributed by atoms with Crippen LogP contribution in [0.25, 0.3) is 0 Å². The Labute approximate surface area is 119 Å². The highest BCUT2D eigenvalue weighted by Gasteiger charge is 2.12. The predicted molar refractivity (Wildman–Crippen MR) is 72.9 cm³/mol. The number of hydrogen-bond donors (Lipinski definition) is 4. The van der Waals surface area contributed by atoms with Crippen LogP contribution in [0.1, 0.15) is 31.8 Å². The summed E-state index contributed by atoms with van der Waals surface area (Å²) < 4.78 is 0. The van der Waals surface area contributed by atoms with Crippen molar-refractivity contribution in [3.05, 3.63) is 58.7 Å². The first-order chi connectivity index (χ1) is 9.88. The average molecular weight is 288 g/mol. The average Bonchev–Trinajstić information content (AvgIpc) is 2.40. The molecule has 0 heterocycles. The van der Waals surface area contributed by atoms with E-state index in [1.807, 2.05) is 0 Å². The first-order valence-corrected chi connectivity index (χ1v) is 5.99. The summed E-state index contributed by atoms with van der Waals surface area (Å²) >= 11 is 0. The van der Waals surface area contributed by atoms with Gasteiger partial charge in [-0.25, -0.2) is 9.59 Å². The monoisotopic (exact) mass is 288 g/mol. The minimum Gasteiger partial charge on any atom is -0.507 e. The molecule has 0 saturated carbocycles. The largest absolute Gasteiger partial charge is 0.507 e. The van der Waals surface area contributed by atoms with Crippen molar-refractivity contribution >= 4 is 11.9 Å². The highest BCUT2D eigenvalue weighted by Crippen LogP contribution is 2.23. The first-order valence-electron chi connectivity index (χ1n) is 5.99. The van der Waals surface area contributed by atoms with Crippen molar-refractivity contribution < 1.29 is 30.0 Å². The lowest BCUT2D eigenvalue weighted by atomic mass is 10.0. The highest BCUT2D eigenvalue weighted by atomic mass is 16.4. The molecular formula is C15H12O6. The Hall–Kier alpha value is -3.02. The Morgan fingerprint density at radius 1 is 0.762 bits per heavy atom. The molecule has 21 heavy (non-hydrogen) atoms. The normalized spacial score (nSPS) is 10.3. The molecule has 2 rings (SSSR count). The van der Waals surface area contributed by atoms with Gasteiger partial charge in [0.1, 0.15) is 22.6 Å². The van der Waals surface area contributed by atoms with E-state index in [2.05, 4.69) is 0 Å². The summed E-state index contributed by atoms with van der Waals surface area (Å²) in [6.07, 6.45) is 0.300. The van der Waals surface area contributed by atoms with E-state index in [9.17, 15) is 19.8 Å². The van der Waals surface area contributed by atoms with E-state index in [4.69, 9.17) is 10.2 Å². The third-order valence-corrected chi connectivity index (χ3v) is 2.99. The number of benzene rings is 2. The molecule has 0 aliphatic rings. The van der Waals surface area contributed by atoms with Crippen LogP contribution in [0.2, 0.25) is 0 Å². The van der Waals surface area contributed by atoms with Crippen molar-refractivity contribution in [3.8, 4) is 11.5 Å². The summed E-state index contributed by atoms with van der Waals surface area (Å²) in [7, 11) is 0. The molecule has 6 heteroatoms. The van der Waals surface area contributed by atoms with Gasteiger partial charge in [0.15, 0.2) is 0 Å². The van der Waals surface area contributed by atoms with Crippen molar-refractivity contribution in [2.24, 2.45) is 0 Å². The molecule has 0 radical (unpaired) electrons. The molecule has 0 fully saturated rings. The molecule has 0 atom stereocenters. The van der Waals surface area contributed by atoms with Gasteiger partial charge in [-0.15, -0.1) is 0 Å². The zero-order chi connectivity index (χ0) is 15.6. The maximum Gasteiger partial charge on any atom is 0.339 e. The van der Waals surface area contributed by atoms with Crippen LogP contribution in [0.4, 0.5) is 0 Å². The van der Waals surface area contributed by atoms with Crippen LogP contribution >= 0.6 is 0 Å². The first kappa shape index (κ1) is 14.4. The van der Waals surface area contributed by atoms with Gasteiger partial charge in [0.25, 0.3) is 0 Å². The Morgan fingerprint density at radius 2 is 1.33 bits per heavy atom. The van der Waals surface area contributed by atoms with E-state index >= 15 is 0 Å². The lowest BCUT2D eigenvalue weighted by Crippen LogP contribution is -2.00. The number of aromatic hydroxyl groups is 2. The maximum atomic E-state index is 10.9. The zero-order valence-electron chi connectivity index (χ0n) is 10.8. The smallest absolute Gasteiger partial charge is 0.339 e. The Morgan fingerprint density at radius 3 is 1.90 bits per heavy atom. The molecule has 0 aliphatic heterocycles. The van der Waals surface area contributed by atoms with Crippen LogP contribution in [-0.2, 0) is 6.42 Å². The summed E-state index contributed by atoms with van der Waals surface area (Å²) in [6, 6.07) is 8.31. The second kappa shape index (κ2) is 5.54. The molecule has 2 aromatic rings. The lowest BCUT2D eigenvalue weighted by molar-refractivity contribution is 0.0682. The van der Waals surface area contributed by atoms with E-state index < -0.39 is 11.9 Å². The Bertz CT molecular complexity index is 720. The molecule has 0 saturated heterocycles. The van der Waals surface area contributed by atoms with Crippen LogP contribution in [0, 0.1) is 0 Å². The number of carbonyl (C=O) groups is 2. The topological polar surface area (TPSA) is 115 Å². The van der Waals surface area contributed by atoms with Gasteiger partial charge in [-0.2, -0.15) is 0 Å². The lowest BCUT2D eigenvalue weighted by Gasteiger charge is -2.07. The molecule has 6 nitrogen and oxygen atoms in total. The van der Waals surface area contributed by atoms with Gasteiger partial charge in [-0.05, 0) is 41.8 Å². The zero-order valence-corrected chi connectivity index (χ0v) is 10.8. The molecule has 0 unspecified atom stereocenters. The Balaban J connectivity index is 2.30. The molecular weight excluding hydrogens is 276 g/mol. The summed E-state index contributed by atoms with van der Waals surface area (Å²) in [5.74, 6) is -3.14. The van der Waals surface area contributed by atoms with Crippen molar-refractivity contribution in [2.75, 3.05) is 0 Å². The molecule has 0 aliphatic carbocycles. The fourth-order valence-electron chi connectivity index (χ4n) is 1.97. The number of phenols is 2. The quantitative estimate of drug-likeness (QED) is 0.684. The van der Waals surface area contributed by atoms with Crippen molar-refractivity contribution in [1.82, 2.24) is 0 Å². The van der Waals surface area contributed by atoms with E-state index in [0.717, 1.165) is 0 Å². The van der Waals surface area contributed by atoms with Crippen LogP contribution in [-0.4, -0.2) is 32.4 Å². The van der Waals surface area contributed by atoms with Crippen molar-refractivity contribution in [3.63, 3.8) is 0 Å². The van der Waals surface area contributed by atoms with Crippen LogP contribution in [0.15, 0.2) is 36.4 Å². The number of aromatic carboxylic acids is 2. The number of carboxylic acid groups (broad SMARTS) is 2. The van der Waals surface area contributed by atoms with Gasteiger partial charge in [-0.3, -0.25) is 0 Å². The Kier molecular flexibility index (Phi) is 3.80. The third-order valence-electron chi connectivity index (χ3n) is 2.99. The SMILES string of the molecule is O=C(O)c1ccc(Cc2ccc(O)c(C(=O)O)c2)cc1O. The van der Waals surface area contributed by atoms with Crippen LogP contribution < -0.4 is 0 Å². The molecule has 2 aromatic carbocycles. The minimum atomic E-state index is -1.24. The third kappa shape index (κ3) is 3.11. The van der Waals surface area contributed by atoms with Crippen molar-refractivity contribution in [1.29, 1.82) is 0 Å². The van der Waals surface area contributed by atoms with Gasteiger partial charge in [0.05, 0.1) is 0 Å². The summed E-state index contributed by atoms with van der Waals surface area (Å²) in [6.45, 7) is 0. The van der Waals surface area contributed by atoms with Crippen LogP contribution in [0.3, 0.4) is 0 Å². The number of rotatable bonds is 4. The number of hydrogen-bond acceptors (Lipinski definition) is 4. The van der Waals surface area contributed by atoms with Gasteiger partial charge in [-0.1, -0.05) is 12.1 Å². The summed E-state index contributed by atoms with van der Waals surface area (Å²) in [4.78, 5) is 21.7. The molecule has 0 bridgehead atoms. The summed E-state index contributed by atoms with van der Waals surface area (Å²) in [5.41, 5.74) is 0.835. The van der Waals surface area contributed by atoms with Gasteiger partial charge in [0.2, 0.25) is 0 Å². The standard InChI is InChI=1S/C15H12O6/c16-12-4-2-8(6-11(12)15(20)21)5-9-1-3-10(14(18)19)13(17)7-9/h1-4,6-7,16-17H,5H2,(H,18,19)(H,20,21). The molecule has 0 amide bonds. The molecule has 0 spiro atoms. The van der Waals surface area contributed by atoms with Gasteiger partial charge < -0.3 is 20.4 Å². The molecule has 108 valence electrons. The van der Waals surface area contributed by atoms with Gasteiger partial charge >= 0.3 is 11.9 Å². The van der Waals surface area contributed by atoms with E-state index in [1.165, 1.54) is 30.3 Å². The molecule has 0 aromatic heterocycles. The highest BCUT2D eigenvalue weighted by molar-refractivity contribution is 5.91. The second-order valence-electron chi connectivity index (χ2n) is 4.49. The number of carboxylic acids is 2. The second-order valence-corrected chi connectivity index (χ2v) is 4.49. The maximum absolute atomic E-state index is 10.9. The van der Waals surface area contributed by atoms with Gasteiger partial charge in [0, 0.05) is 0 Å². The van der Waals surface area contributed by atoms with E-state index in [1.54, 1.807) is 6.07 Å². The summed E-state index contributed by atoms with van der Waals surface area (Å²) in [5, 5.41) is 36.8. The minimum absolute atomic E-state index is 0.198. The van der Waals surface area contributed by atoms with E-state index in [-0.39, 0.29) is 22.6 Å². The van der Waals surface area contributed by atoms with E-state index in [0.29, 0.717) is 17.5 Å².